The Labute approximate surface area is 162 Å². The van der Waals surface area contributed by atoms with Crippen LogP contribution in [-0.2, 0) is 35.2 Å². The second-order valence-electron chi connectivity index (χ2n) is 6.03. The summed E-state index contributed by atoms with van der Waals surface area (Å²) in [5, 5.41) is 8.85. The molecule has 0 saturated carbocycles. The van der Waals surface area contributed by atoms with Gasteiger partial charge in [0, 0.05) is 12.7 Å². The van der Waals surface area contributed by atoms with E-state index in [4.69, 9.17) is 19.3 Å². The molecule has 2 aromatic rings. The van der Waals surface area contributed by atoms with Crippen molar-refractivity contribution in [3.63, 3.8) is 0 Å². The first kappa shape index (κ1) is 21.1. The van der Waals surface area contributed by atoms with Gasteiger partial charge in [0.05, 0.1) is 18.9 Å². The molecule has 148 valence electrons. The van der Waals surface area contributed by atoms with Crippen LogP contribution in [-0.4, -0.2) is 36.2 Å². The van der Waals surface area contributed by atoms with Crippen LogP contribution in [0.4, 0.5) is 0 Å². The number of carbonyl (C=O) groups excluding carboxylic acids is 2. The van der Waals surface area contributed by atoms with Crippen molar-refractivity contribution in [2.24, 2.45) is 0 Å². The Morgan fingerprint density at radius 1 is 0.929 bits per heavy atom. The van der Waals surface area contributed by atoms with E-state index < -0.39 is 30.1 Å². The minimum Gasteiger partial charge on any atom is -0.481 e. The van der Waals surface area contributed by atoms with Crippen LogP contribution in [0, 0.1) is 0 Å². The maximum atomic E-state index is 12.6. The third-order valence-corrected chi connectivity index (χ3v) is 3.92. The Bertz CT molecular complexity index is 774. The average Bonchev–Trinajstić information content (AvgIpc) is 2.70. The molecule has 0 amide bonds. The smallest absolute Gasteiger partial charge is 0.352 e. The maximum absolute atomic E-state index is 12.6. The van der Waals surface area contributed by atoms with Gasteiger partial charge in [-0.1, -0.05) is 60.7 Å². The van der Waals surface area contributed by atoms with Gasteiger partial charge in [0.25, 0.3) is 0 Å². The molecule has 0 radical (unpaired) electrons. The van der Waals surface area contributed by atoms with Crippen LogP contribution in [0.5, 0.6) is 0 Å². The lowest BCUT2D eigenvalue weighted by Gasteiger charge is -2.19. The van der Waals surface area contributed by atoms with Crippen molar-refractivity contribution >= 4 is 17.9 Å². The van der Waals surface area contributed by atoms with E-state index in [1.807, 2.05) is 30.3 Å². The highest BCUT2D eigenvalue weighted by Crippen LogP contribution is 2.21. The molecule has 2 aromatic carbocycles. The summed E-state index contributed by atoms with van der Waals surface area (Å²) in [6.07, 6.45) is -2.74. The van der Waals surface area contributed by atoms with E-state index in [0.717, 1.165) is 5.56 Å². The average molecular weight is 386 g/mol. The van der Waals surface area contributed by atoms with Crippen LogP contribution in [0.3, 0.4) is 0 Å². The summed E-state index contributed by atoms with van der Waals surface area (Å²) < 4.78 is 15.6. The number of carboxylic acid groups (broad SMARTS) is 1. The SMILES string of the molecule is CO[C@H](CC(=O)O)CC(=O)O[C@@H](C(=O)OCc1ccccc1)c1ccccc1. The fraction of sp³-hybridized carbons (Fsp3) is 0.286. The lowest BCUT2D eigenvalue weighted by molar-refractivity contribution is -0.171. The zero-order valence-electron chi connectivity index (χ0n) is 15.4. The second-order valence-corrected chi connectivity index (χ2v) is 6.03. The molecule has 0 unspecified atom stereocenters. The Morgan fingerprint density at radius 3 is 2.11 bits per heavy atom. The second kappa shape index (κ2) is 10.8. The van der Waals surface area contributed by atoms with Crippen LogP contribution in [0.15, 0.2) is 60.7 Å². The van der Waals surface area contributed by atoms with Gasteiger partial charge >= 0.3 is 17.9 Å². The van der Waals surface area contributed by atoms with Gasteiger partial charge < -0.3 is 19.3 Å². The molecule has 0 fully saturated rings. The summed E-state index contributed by atoms with van der Waals surface area (Å²) in [6, 6.07) is 17.6. The Morgan fingerprint density at radius 2 is 1.54 bits per heavy atom. The highest BCUT2D eigenvalue weighted by Gasteiger charge is 2.28. The fourth-order valence-electron chi connectivity index (χ4n) is 2.48. The molecule has 0 saturated heterocycles. The number of carbonyl (C=O) groups is 3. The highest BCUT2D eigenvalue weighted by molar-refractivity contribution is 5.81. The van der Waals surface area contributed by atoms with Gasteiger partial charge in [-0.2, -0.15) is 0 Å². The van der Waals surface area contributed by atoms with Gasteiger partial charge in [-0.05, 0) is 5.56 Å². The summed E-state index contributed by atoms with van der Waals surface area (Å²) in [5.41, 5.74) is 1.26. The quantitative estimate of drug-likeness (QED) is 0.627. The van der Waals surface area contributed by atoms with E-state index in [1.165, 1.54) is 7.11 Å². The number of rotatable bonds is 10. The monoisotopic (exact) mass is 386 g/mol. The van der Waals surface area contributed by atoms with Crippen molar-refractivity contribution in [3.05, 3.63) is 71.8 Å². The number of benzene rings is 2. The number of hydrogen-bond acceptors (Lipinski definition) is 6. The van der Waals surface area contributed by atoms with Gasteiger partial charge in [-0.25, -0.2) is 4.79 Å². The van der Waals surface area contributed by atoms with Crippen LogP contribution < -0.4 is 0 Å². The van der Waals surface area contributed by atoms with Crippen molar-refractivity contribution in [2.75, 3.05) is 7.11 Å². The van der Waals surface area contributed by atoms with Gasteiger partial charge in [0.1, 0.15) is 6.61 Å². The molecule has 0 aliphatic rings. The number of methoxy groups -OCH3 is 1. The highest BCUT2D eigenvalue weighted by atomic mass is 16.6. The van der Waals surface area contributed by atoms with Crippen LogP contribution >= 0.6 is 0 Å². The molecule has 7 heteroatoms. The summed E-state index contributed by atoms with van der Waals surface area (Å²) in [6.45, 7) is 0.0419. The number of aliphatic carboxylic acids is 1. The lowest BCUT2D eigenvalue weighted by atomic mass is 10.1. The summed E-state index contributed by atoms with van der Waals surface area (Å²) in [7, 11) is 1.31. The van der Waals surface area contributed by atoms with E-state index in [9.17, 15) is 14.4 Å². The zero-order chi connectivity index (χ0) is 20.4. The summed E-state index contributed by atoms with van der Waals surface area (Å²) in [5.74, 6) is -2.56. The third kappa shape index (κ3) is 6.85. The van der Waals surface area contributed by atoms with Crippen LogP contribution in [0.25, 0.3) is 0 Å². The molecule has 7 nitrogen and oxygen atoms in total. The molecular weight excluding hydrogens is 364 g/mol. The molecule has 0 heterocycles. The van der Waals surface area contributed by atoms with Gasteiger partial charge in [0.15, 0.2) is 0 Å². The molecule has 0 aliphatic carbocycles. The number of hydrogen-bond donors (Lipinski definition) is 1. The van der Waals surface area contributed by atoms with E-state index >= 15 is 0 Å². The minimum atomic E-state index is -1.25. The fourth-order valence-corrected chi connectivity index (χ4v) is 2.48. The molecular formula is C21H22O7. The van der Waals surface area contributed by atoms with Gasteiger partial charge in [-0.3, -0.25) is 9.59 Å². The van der Waals surface area contributed by atoms with E-state index in [0.29, 0.717) is 5.56 Å². The largest absolute Gasteiger partial charge is 0.481 e. The third-order valence-electron chi connectivity index (χ3n) is 3.92. The topological polar surface area (TPSA) is 99.1 Å². The van der Waals surface area contributed by atoms with E-state index in [2.05, 4.69) is 0 Å². The van der Waals surface area contributed by atoms with Crippen molar-refractivity contribution in [2.45, 2.75) is 31.7 Å². The van der Waals surface area contributed by atoms with Crippen molar-refractivity contribution < 1.29 is 33.7 Å². The molecule has 2 atom stereocenters. The predicted molar refractivity (Wildman–Crippen MR) is 99.2 cm³/mol. The summed E-state index contributed by atoms with van der Waals surface area (Å²) >= 11 is 0. The zero-order valence-corrected chi connectivity index (χ0v) is 15.4. The Balaban J connectivity index is 2.05. The molecule has 0 aliphatic heterocycles. The molecule has 2 rings (SSSR count). The summed E-state index contributed by atoms with van der Waals surface area (Å²) in [4.78, 5) is 35.6. The van der Waals surface area contributed by atoms with Crippen molar-refractivity contribution in [1.82, 2.24) is 0 Å². The first-order valence-corrected chi connectivity index (χ1v) is 8.69. The Hall–Kier alpha value is -3.19. The molecule has 0 aromatic heterocycles. The van der Waals surface area contributed by atoms with Crippen LogP contribution in [0.1, 0.15) is 30.1 Å². The molecule has 28 heavy (non-hydrogen) atoms. The maximum Gasteiger partial charge on any atom is 0.352 e. The number of esters is 2. The number of carboxylic acids is 1. The minimum absolute atomic E-state index is 0.0419. The number of ether oxygens (including phenoxy) is 3. The van der Waals surface area contributed by atoms with Gasteiger partial charge in [-0.15, -0.1) is 0 Å². The normalized spacial score (nSPS) is 12.6. The molecule has 1 N–H and O–H groups in total. The van der Waals surface area contributed by atoms with Crippen LogP contribution in [0.2, 0.25) is 0 Å². The van der Waals surface area contributed by atoms with E-state index in [-0.39, 0.29) is 19.4 Å². The van der Waals surface area contributed by atoms with Gasteiger partial charge in [0.2, 0.25) is 6.10 Å². The van der Waals surface area contributed by atoms with Crippen molar-refractivity contribution in [1.29, 1.82) is 0 Å². The van der Waals surface area contributed by atoms with Crippen molar-refractivity contribution in [3.8, 4) is 0 Å². The lowest BCUT2D eigenvalue weighted by Crippen LogP contribution is -2.26. The first-order valence-electron chi connectivity index (χ1n) is 8.69. The molecule has 0 bridgehead atoms. The standard InChI is InChI=1S/C21H22O7/c1-26-17(12-18(22)23)13-19(24)28-20(16-10-6-3-7-11-16)21(25)27-14-15-8-4-2-5-9-15/h2-11,17,20H,12-14H2,1H3,(H,22,23)/t17-,20-/m1/s1. The van der Waals surface area contributed by atoms with E-state index in [1.54, 1.807) is 30.3 Å². The predicted octanol–water partition coefficient (Wildman–Crippen LogP) is 2.89. The molecule has 0 spiro atoms. The first-order chi connectivity index (χ1) is 13.5. The Kier molecular flexibility index (Phi) is 8.17.